The molecule has 1 aromatic heterocycles. The summed E-state index contributed by atoms with van der Waals surface area (Å²) in [5.41, 5.74) is 6.12. The third-order valence-corrected chi connectivity index (χ3v) is 4.21. The number of amides is 1. The number of hydrogen-bond acceptors (Lipinski definition) is 5. The minimum atomic E-state index is -0.288. The Labute approximate surface area is 157 Å². The van der Waals surface area contributed by atoms with Gasteiger partial charge in [-0.3, -0.25) is 9.78 Å². The van der Waals surface area contributed by atoms with Crippen LogP contribution in [0.3, 0.4) is 0 Å². The van der Waals surface area contributed by atoms with E-state index in [1.165, 1.54) is 0 Å². The fraction of sp³-hybridized carbons (Fsp3) is 0.190. The largest absolute Gasteiger partial charge is 0.497 e. The lowest BCUT2D eigenvalue weighted by molar-refractivity contribution is 0.0956. The van der Waals surface area contributed by atoms with Crippen LogP contribution in [0.5, 0.6) is 11.5 Å². The molecule has 0 saturated carbocycles. The Kier molecular flexibility index (Phi) is 5.35. The van der Waals surface area contributed by atoms with Crippen molar-refractivity contribution in [3.63, 3.8) is 0 Å². The Hall–Kier alpha value is -3.41. The number of hydrazone groups is 1. The maximum atomic E-state index is 12.7. The van der Waals surface area contributed by atoms with Gasteiger partial charge in [-0.2, -0.15) is 5.10 Å². The van der Waals surface area contributed by atoms with Crippen molar-refractivity contribution in [2.24, 2.45) is 5.10 Å². The van der Waals surface area contributed by atoms with E-state index in [4.69, 9.17) is 9.47 Å². The van der Waals surface area contributed by atoms with Gasteiger partial charge < -0.3 is 9.47 Å². The van der Waals surface area contributed by atoms with Crippen LogP contribution in [-0.4, -0.2) is 30.8 Å². The predicted molar refractivity (Wildman–Crippen MR) is 106 cm³/mol. The minimum Gasteiger partial charge on any atom is -0.497 e. The number of para-hydroxylation sites is 1. The maximum absolute atomic E-state index is 12.7. The molecule has 27 heavy (non-hydrogen) atoms. The summed E-state index contributed by atoms with van der Waals surface area (Å²) < 4.78 is 10.6. The van der Waals surface area contributed by atoms with Crippen molar-refractivity contribution in [1.29, 1.82) is 0 Å². The van der Waals surface area contributed by atoms with Gasteiger partial charge in [0.1, 0.15) is 11.5 Å². The van der Waals surface area contributed by atoms with E-state index >= 15 is 0 Å². The molecule has 0 fully saturated rings. The number of aromatic nitrogens is 1. The monoisotopic (exact) mass is 363 g/mol. The molecule has 3 rings (SSSR count). The summed E-state index contributed by atoms with van der Waals surface area (Å²) in [6.07, 6.45) is 0. The lowest BCUT2D eigenvalue weighted by Gasteiger charge is -2.11. The average molecular weight is 363 g/mol. The molecular weight excluding hydrogens is 342 g/mol. The second-order valence-electron chi connectivity index (χ2n) is 6.03. The van der Waals surface area contributed by atoms with E-state index in [1.807, 2.05) is 43.3 Å². The number of carbonyl (C=O) groups is 1. The molecule has 0 unspecified atom stereocenters. The van der Waals surface area contributed by atoms with Gasteiger partial charge in [-0.1, -0.05) is 18.2 Å². The van der Waals surface area contributed by atoms with E-state index in [0.29, 0.717) is 22.8 Å². The highest BCUT2D eigenvalue weighted by atomic mass is 16.5. The number of rotatable bonds is 5. The van der Waals surface area contributed by atoms with E-state index in [2.05, 4.69) is 15.5 Å². The SMILES string of the molecule is COc1ccc(/C(C)=N\NC(=O)c2cc(C)nc3ccccc23)c(OC)c1. The third-order valence-electron chi connectivity index (χ3n) is 4.21. The van der Waals surface area contributed by atoms with Crippen molar-refractivity contribution in [2.75, 3.05) is 14.2 Å². The van der Waals surface area contributed by atoms with Crippen LogP contribution in [0.2, 0.25) is 0 Å². The van der Waals surface area contributed by atoms with Crippen LogP contribution in [0.1, 0.15) is 28.5 Å². The highest BCUT2D eigenvalue weighted by molar-refractivity contribution is 6.07. The Morgan fingerprint density at radius 2 is 1.81 bits per heavy atom. The highest BCUT2D eigenvalue weighted by Crippen LogP contribution is 2.25. The van der Waals surface area contributed by atoms with E-state index in [1.54, 1.807) is 33.3 Å². The Bertz CT molecular complexity index is 1030. The summed E-state index contributed by atoms with van der Waals surface area (Å²) in [6, 6.07) is 14.7. The molecule has 1 amide bonds. The predicted octanol–water partition coefficient (Wildman–Crippen LogP) is 3.71. The van der Waals surface area contributed by atoms with Gasteiger partial charge in [0.2, 0.25) is 0 Å². The first-order chi connectivity index (χ1) is 13.0. The normalized spacial score (nSPS) is 11.3. The zero-order valence-corrected chi connectivity index (χ0v) is 15.7. The quantitative estimate of drug-likeness (QED) is 0.554. The molecule has 0 atom stereocenters. The first-order valence-electron chi connectivity index (χ1n) is 8.47. The number of nitrogens with one attached hydrogen (secondary N) is 1. The number of methoxy groups -OCH3 is 2. The summed E-state index contributed by atoms with van der Waals surface area (Å²) in [6.45, 7) is 3.67. The first kappa shape index (κ1) is 18.4. The van der Waals surface area contributed by atoms with Crippen LogP contribution < -0.4 is 14.9 Å². The van der Waals surface area contributed by atoms with Gasteiger partial charge in [0, 0.05) is 22.7 Å². The smallest absolute Gasteiger partial charge is 0.272 e. The Morgan fingerprint density at radius 1 is 1.04 bits per heavy atom. The van der Waals surface area contributed by atoms with E-state index in [-0.39, 0.29) is 5.91 Å². The molecule has 6 nitrogen and oxygen atoms in total. The van der Waals surface area contributed by atoms with Gasteiger partial charge in [0.25, 0.3) is 5.91 Å². The number of fused-ring (bicyclic) bond motifs is 1. The zero-order valence-electron chi connectivity index (χ0n) is 15.7. The van der Waals surface area contributed by atoms with E-state index in [0.717, 1.165) is 22.2 Å². The molecule has 0 aliphatic heterocycles. The van der Waals surface area contributed by atoms with Crippen molar-refractivity contribution < 1.29 is 14.3 Å². The number of ether oxygens (including phenoxy) is 2. The van der Waals surface area contributed by atoms with Crippen molar-refractivity contribution in [1.82, 2.24) is 10.4 Å². The second-order valence-corrected chi connectivity index (χ2v) is 6.03. The lowest BCUT2D eigenvalue weighted by Crippen LogP contribution is -2.20. The first-order valence-corrected chi connectivity index (χ1v) is 8.47. The molecule has 1 N–H and O–H groups in total. The number of benzene rings is 2. The Morgan fingerprint density at radius 3 is 2.56 bits per heavy atom. The van der Waals surface area contributed by atoms with Crippen molar-refractivity contribution >= 4 is 22.5 Å². The fourth-order valence-corrected chi connectivity index (χ4v) is 2.85. The van der Waals surface area contributed by atoms with Crippen LogP contribution in [0.25, 0.3) is 10.9 Å². The highest BCUT2D eigenvalue weighted by Gasteiger charge is 2.13. The van der Waals surface area contributed by atoms with Crippen LogP contribution in [-0.2, 0) is 0 Å². The van der Waals surface area contributed by atoms with Gasteiger partial charge in [0.05, 0.1) is 31.0 Å². The maximum Gasteiger partial charge on any atom is 0.272 e. The van der Waals surface area contributed by atoms with Gasteiger partial charge in [-0.05, 0) is 38.1 Å². The average Bonchev–Trinajstić information content (AvgIpc) is 2.70. The number of carbonyl (C=O) groups excluding carboxylic acids is 1. The fourth-order valence-electron chi connectivity index (χ4n) is 2.85. The molecule has 0 radical (unpaired) electrons. The van der Waals surface area contributed by atoms with Gasteiger partial charge in [-0.15, -0.1) is 0 Å². The summed E-state index contributed by atoms with van der Waals surface area (Å²) in [5, 5.41) is 5.03. The summed E-state index contributed by atoms with van der Waals surface area (Å²) in [4.78, 5) is 17.2. The van der Waals surface area contributed by atoms with Crippen LogP contribution in [0.4, 0.5) is 0 Å². The van der Waals surface area contributed by atoms with Gasteiger partial charge in [-0.25, -0.2) is 5.43 Å². The van der Waals surface area contributed by atoms with Crippen molar-refractivity contribution in [3.8, 4) is 11.5 Å². The molecular formula is C21H21N3O3. The molecule has 0 bridgehead atoms. The molecule has 138 valence electrons. The van der Waals surface area contributed by atoms with Gasteiger partial charge in [0.15, 0.2) is 0 Å². The second kappa shape index (κ2) is 7.86. The molecule has 0 spiro atoms. The summed E-state index contributed by atoms with van der Waals surface area (Å²) >= 11 is 0. The van der Waals surface area contributed by atoms with Crippen molar-refractivity contribution in [2.45, 2.75) is 13.8 Å². The van der Waals surface area contributed by atoms with Crippen LogP contribution in [0, 0.1) is 6.92 Å². The molecule has 1 heterocycles. The summed E-state index contributed by atoms with van der Waals surface area (Å²) in [5.74, 6) is 1.02. The summed E-state index contributed by atoms with van der Waals surface area (Å²) in [7, 11) is 3.17. The number of hydrogen-bond donors (Lipinski definition) is 1. The molecule has 0 saturated heterocycles. The van der Waals surface area contributed by atoms with Crippen LogP contribution in [0.15, 0.2) is 53.6 Å². The Balaban J connectivity index is 1.89. The molecule has 3 aromatic rings. The number of pyridine rings is 1. The third kappa shape index (κ3) is 3.89. The van der Waals surface area contributed by atoms with E-state index in [9.17, 15) is 4.79 Å². The molecule has 0 aliphatic carbocycles. The van der Waals surface area contributed by atoms with Crippen LogP contribution >= 0.6 is 0 Å². The number of aryl methyl sites for hydroxylation is 1. The van der Waals surface area contributed by atoms with Crippen molar-refractivity contribution in [3.05, 3.63) is 65.4 Å². The lowest BCUT2D eigenvalue weighted by atomic mass is 10.1. The number of nitrogens with zero attached hydrogens (tertiary/aromatic N) is 2. The zero-order chi connectivity index (χ0) is 19.4. The van der Waals surface area contributed by atoms with E-state index < -0.39 is 0 Å². The standard InChI is InChI=1S/C21H21N3O3/c1-13-11-18(17-7-5-6-8-19(17)22-13)21(25)24-23-14(2)16-10-9-15(26-3)12-20(16)27-4/h5-12H,1-4H3,(H,24,25)/b23-14-. The topological polar surface area (TPSA) is 72.8 Å². The molecule has 2 aromatic carbocycles. The molecule has 0 aliphatic rings. The van der Waals surface area contributed by atoms with Gasteiger partial charge >= 0.3 is 0 Å². The minimum absolute atomic E-state index is 0.288. The molecule has 6 heteroatoms.